The molecule has 0 heterocycles. The molecule has 0 saturated heterocycles. The molecule has 17 nitrogen and oxygen atoms in total. The monoisotopic (exact) mass is 1160 g/mol. The molecule has 0 amide bonds. The van der Waals surface area contributed by atoms with Gasteiger partial charge in [-0.3, -0.25) is 37.3 Å². The molecule has 2 unspecified atom stereocenters. The third-order valence-electron chi connectivity index (χ3n) is 13.5. The van der Waals surface area contributed by atoms with Crippen molar-refractivity contribution >= 4 is 39.5 Å². The summed E-state index contributed by atoms with van der Waals surface area (Å²) in [6, 6.07) is 0. The molecule has 0 aliphatic carbocycles. The minimum absolute atomic E-state index is 0.104. The Hall–Kier alpha value is -1.94. The molecule has 0 aliphatic heterocycles. The minimum atomic E-state index is -4.94. The van der Waals surface area contributed by atoms with E-state index in [1.807, 2.05) is 0 Å². The lowest BCUT2D eigenvalue weighted by molar-refractivity contribution is -0.161. The number of unbranched alkanes of at least 4 members (excludes halogenated alkanes) is 28. The maximum Gasteiger partial charge on any atom is 0.472 e. The fourth-order valence-corrected chi connectivity index (χ4v) is 10.2. The van der Waals surface area contributed by atoms with Crippen molar-refractivity contribution in [1.82, 2.24) is 0 Å². The number of rotatable bonds is 58. The number of esters is 4. The van der Waals surface area contributed by atoms with E-state index < -0.39 is 97.5 Å². The maximum atomic E-state index is 12.9. The summed E-state index contributed by atoms with van der Waals surface area (Å²) >= 11 is 0. The van der Waals surface area contributed by atoms with Gasteiger partial charge < -0.3 is 33.8 Å². The zero-order chi connectivity index (χ0) is 58.0. The quantitative estimate of drug-likeness (QED) is 0.0222. The van der Waals surface area contributed by atoms with Crippen LogP contribution in [-0.4, -0.2) is 96.7 Å². The number of carbonyl (C=O) groups is 4. The number of phosphoric acid groups is 2. The predicted octanol–water partition coefficient (Wildman–Crippen LogP) is 15.7. The van der Waals surface area contributed by atoms with Crippen LogP contribution < -0.4 is 0 Å². The Bertz CT molecular complexity index is 1550. The highest BCUT2D eigenvalue weighted by molar-refractivity contribution is 7.47. The van der Waals surface area contributed by atoms with Gasteiger partial charge in [-0.1, -0.05) is 234 Å². The Kier molecular flexibility index (Phi) is 50.6. The van der Waals surface area contributed by atoms with Crippen LogP contribution in [-0.2, 0) is 65.4 Å². The Labute approximate surface area is 473 Å². The third-order valence-corrected chi connectivity index (χ3v) is 15.4. The number of carbonyl (C=O) groups excluding carboxylic acids is 4. The Balaban J connectivity index is 5.19. The highest BCUT2D eigenvalue weighted by Crippen LogP contribution is 2.45. The van der Waals surface area contributed by atoms with E-state index in [4.69, 9.17) is 37.0 Å². The second-order valence-corrected chi connectivity index (χ2v) is 25.2. The van der Waals surface area contributed by atoms with Gasteiger partial charge in [0.2, 0.25) is 0 Å². The normalized spacial score (nSPS) is 14.4. The first-order valence-electron chi connectivity index (χ1n) is 31.0. The van der Waals surface area contributed by atoms with E-state index in [0.29, 0.717) is 25.7 Å². The van der Waals surface area contributed by atoms with E-state index in [1.54, 1.807) is 0 Å². The van der Waals surface area contributed by atoms with E-state index in [0.717, 1.165) is 108 Å². The fraction of sp³-hybridized carbons (Fsp3) is 0.932. The minimum Gasteiger partial charge on any atom is -0.462 e. The van der Waals surface area contributed by atoms with Crippen LogP contribution in [0, 0.1) is 11.8 Å². The lowest BCUT2D eigenvalue weighted by atomic mass is 10.0. The summed E-state index contributed by atoms with van der Waals surface area (Å²) in [5.74, 6) is -0.709. The van der Waals surface area contributed by atoms with Gasteiger partial charge in [0.25, 0.3) is 0 Å². The molecule has 0 aromatic heterocycles. The molecule has 0 spiro atoms. The van der Waals surface area contributed by atoms with Gasteiger partial charge in [-0.05, 0) is 37.5 Å². The lowest BCUT2D eigenvalue weighted by Gasteiger charge is -2.21. The van der Waals surface area contributed by atoms with E-state index in [-0.39, 0.29) is 25.7 Å². The molecule has 0 aromatic carbocycles. The summed E-state index contributed by atoms with van der Waals surface area (Å²) in [6.07, 6.45) is 32.5. The third kappa shape index (κ3) is 53.4. The Morgan fingerprint density at radius 3 is 0.872 bits per heavy atom. The molecule has 0 saturated carbocycles. The van der Waals surface area contributed by atoms with Gasteiger partial charge in [-0.15, -0.1) is 0 Å². The standard InChI is InChI=1S/C59H114O17P2/c1-7-9-11-13-14-15-16-17-25-31-37-43-58(63)75-54(47-69-56(61)41-35-27-12-10-8-2)49-73-77(65,66)71-45-53(60)46-72-78(67,68)74-50-55(76-59(64)44-38-32-26-21-19-23-29-34-40-52(5)6)48-70-57(62)42-36-30-24-20-18-22-28-33-39-51(3)4/h51-55,60H,7-50H2,1-6H3,(H,65,66)(H,67,68)/t53-,54+,55+/m0/s1. The molecule has 0 radical (unpaired) electrons. The SMILES string of the molecule is CCCCCCCCCCCCCC(=O)O[C@H](COC(=O)CCCCCCC)COP(=O)(O)OC[C@H](O)COP(=O)(O)OC[C@@H](COC(=O)CCCCCCCCCCC(C)C)OC(=O)CCCCCCCCCCC(C)C. The Morgan fingerprint density at radius 2 is 0.590 bits per heavy atom. The van der Waals surface area contributed by atoms with Gasteiger partial charge in [0.15, 0.2) is 12.2 Å². The molecule has 0 rings (SSSR count). The number of hydrogen-bond acceptors (Lipinski definition) is 15. The summed E-state index contributed by atoms with van der Waals surface area (Å²) in [6.45, 7) is 9.29. The van der Waals surface area contributed by atoms with Crippen LogP contribution in [0.3, 0.4) is 0 Å². The number of aliphatic hydroxyl groups excluding tert-OH is 1. The van der Waals surface area contributed by atoms with E-state index in [2.05, 4.69) is 41.5 Å². The molecular weight excluding hydrogens is 1040 g/mol. The summed E-state index contributed by atoms with van der Waals surface area (Å²) < 4.78 is 67.6. The summed E-state index contributed by atoms with van der Waals surface area (Å²) in [5.41, 5.74) is 0. The van der Waals surface area contributed by atoms with Gasteiger partial charge in [0.05, 0.1) is 26.4 Å². The van der Waals surface area contributed by atoms with Gasteiger partial charge >= 0.3 is 39.5 Å². The van der Waals surface area contributed by atoms with Crippen LogP contribution >= 0.6 is 15.6 Å². The topological polar surface area (TPSA) is 237 Å². The number of phosphoric ester groups is 2. The predicted molar refractivity (Wildman–Crippen MR) is 308 cm³/mol. The van der Waals surface area contributed by atoms with Crippen molar-refractivity contribution in [2.24, 2.45) is 11.8 Å². The first kappa shape index (κ1) is 76.1. The zero-order valence-corrected chi connectivity index (χ0v) is 51.7. The van der Waals surface area contributed by atoms with Crippen LogP contribution in [0.15, 0.2) is 0 Å². The molecule has 462 valence electrons. The summed E-state index contributed by atoms with van der Waals surface area (Å²) in [5, 5.41) is 10.5. The van der Waals surface area contributed by atoms with E-state index in [9.17, 15) is 43.2 Å². The first-order chi connectivity index (χ1) is 37.4. The molecule has 78 heavy (non-hydrogen) atoms. The van der Waals surface area contributed by atoms with Crippen LogP contribution in [0.25, 0.3) is 0 Å². The number of aliphatic hydroxyl groups is 1. The van der Waals surface area contributed by atoms with E-state index >= 15 is 0 Å². The first-order valence-corrected chi connectivity index (χ1v) is 34.0. The molecule has 5 atom stereocenters. The fourth-order valence-electron chi connectivity index (χ4n) is 8.65. The molecular formula is C59H114O17P2. The van der Waals surface area contributed by atoms with E-state index in [1.165, 1.54) is 96.3 Å². The molecule has 0 aliphatic rings. The molecule has 0 fully saturated rings. The van der Waals surface area contributed by atoms with Gasteiger partial charge in [-0.25, -0.2) is 9.13 Å². The summed E-state index contributed by atoms with van der Waals surface area (Å²) in [7, 11) is -9.87. The average molecular weight is 1160 g/mol. The zero-order valence-electron chi connectivity index (χ0n) is 50.0. The molecule has 19 heteroatoms. The highest BCUT2D eigenvalue weighted by Gasteiger charge is 2.30. The molecule has 0 aromatic rings. The highest BCUT2D eigenvalue weighted by atomic mass is 31.2. The number of hydrogen-bond donors (Lipinski definition) is 3. The maximum absolute atomic E-state index is 12.9. The van der Waals surface area contributed by atoms with Crippen molar-refractivity contribution in [2.75, 3.05) is 39.6 Å². The average Bonchev–Trinajstić information content (AvgIpc) is 3.39. The summed E-state index contributed by atoms with van der Waals surface area (Å²) in [4.78, 5) is 71.7. The van der Waals surface area contributed by atoms with Crippen LogP contribution in [0.5, 0.6) is 0 Å². The van der Waals surface area contributed by atoms with Crippen molar-refractivity contribution in [3.05, 3.63) is 0 Å². The molecule has 3 N–H and O–H groups in total. The van der Waals surface area contributed by atoms with Crippen molar-refractivity contribution in [2.45, 2.75) is 304 Å². The largest absolute Gasteiger partial charge is 0.472 e. The van der Waals surface area contributed by atoms with Crippen molar-refractivity contribution in [3.8, 4) is 0 Å². The van der Waals surface area contributed by atoms with Gasteiger partial charge in [0, 0.05) is 25.7 Å². The smallest absolute Gasteiger partial charge is 0.462 e. The van der Waals surface area contributed by atoms with Crippen LogP contribution in [0.4, 0.5) is 0 Å². The Morgan fingerprint density at radius 1 is 0.346 bits per heavy atom. The van der Waals surface area contributed by atoms with Gasteiger partial charge in [-0.2, -0.15) is 0 Å². The van der Waals surface area contributed by atoms with Gasteiger partial charge in [0.1, 0.15) is 19.3 Å². The van der Waals surface area contributed by atoms with Crippen LogP contribution in [0.1, 0.15) is 286 Å². The van der Waals surface area contributed by atoms with Crippen molar-refractivity contribution < 1.29 is 80.2 Å². The number of ether oxygens (including phenoxy) is 4. The lowest BCUT2D eigenvalue weighted by Crippen LogP contribution is -2.30. The molecule has 0 bridgehead atoms. The second-order valence-electron chi connectivity index (χ2n) is 22.3. The second kappa shape index (κ2) is 51.9. The van der Waals surface area contributed by atoms with Crippen LogP contribution in [0.2, 0.25) is 0 Å². The van der Waals surface area contributed by atoms with Crippen molar-refractivity contribution in [1.29, 1.82) is 0 Å². The van der Waals surface area contributed by atoms with Crippen molar-refractivity contribution in [3.63, 3.8) is 0 Å².